The van der Waals surface area contributed by atoms with E-state index in [0.29, 0.717) is 17.3 Å². The average Bonchev–Trinajstić information content (AvgIpc) is 2.98. The van der Waals surface area contributed by atoms with Crippen LogP contribution in [0.25, 0.3) is 0 Å². The Kier molecular flexibility index (Phi) is 2.41. The predicted octanol–water partition coefficient (Wildman–Crippen LogP) is 2.03. The first-order valence-electron chi connectivity index (χ1n) is 5.35. The van der Waals surface area contributed by atoms with Gasteiger partial charge < -0.3 is 9.53 Å². The Hall–Kier alpha value is -0.370. The van der Waals surface area contributed by atoms with Crippen LogP contribution >= 0.6 is 0 Å². The molecule has 2 aliphatic rings. The number of hydrogen-bond acceptors (Lipinski definition) is 2. The predicted molar refractivity (Wildman–Crippen MR) is 50.4 cm³/mol. The van der Waals surface area contributed by atoms with Crippen molar-refractivity contribution in [2.24, 2.45) is 17.3 Å². The van der Waals surface area contributed by atoms with Crippen molar-refractivity contribution in [2.75, 3.05) is 13.2 Å². The van der Waals surface area contributed by atoms with E-state index >= 15 is 0 Å². The zero-order valence-corrected chi connectivity index (χ0v) is 8.29. The van der Waals surface area contributed by atoms with Gasteiger partial charge in [0.25, 0.3) is 0 Å². The molecule has 0 N–H and O–H groups in total. The number of carbonyl (C=O) groups is 1. The third-order valence-corrected chi connectivity index (χ3v) is 3.99. The van der Waals surface area contributed by atoms with Crippen molar-refractivity contribution in [2.45, 2.75) is 32.6 Å². The summed E-state index contributed by atoms with van der Waals surface area (Å²) in [5.41, 5.74) is 0.448. The lowest BCUT2D eigenvalue weighted by atomic mass is 9.73. The molecular formula is C11H18O2. The summed E-state index contributed by atoms with van der Waals surface area (Å²) in [7, 11) is 0. The van der Waals surface area contributed by atoms with Crippen LogP contribution < -0.4 is 0 Å². The second kappa shape index (κ2) is 3.41. The third kappa shape index (κ3) is 1.52. The van der Waals surface area contributed by atoms with Crippen LogP contribution in [-0.2, 0) is 9.53 Å². The van der Waals surface area contributed by atoms with Crippen LogP contribution in [0.2, 0.25) is 0 Å². The number of rotatable bonds is 3. The minimum atomic E-state index is 0.373. The van der Waals surface area contributed by atoms with E-state index in [-0.39, 0.29) is 0 Å². The highest BCUT2D eigenvalue weighted by Gasteiger charge is 2.51. The fourth-order valence-corrected chi connectivity index (χ4v) is 2.83. The molecule has 1 saturated heterocycles. The molecule has 2 atom stereocenters. The van der Waals surface area contributed by atoms with Gasteiger partial charge in [-0.25, -0.2) is 0 Å². The molecule has 2 fully saturated rings. The third-order valence-electron chi connectivity index (χ3n) is 3.99. The van der Waals surface area contributed by atoms with Gasteiger partial charge in [0.05, 0.1) is 0 Å². The highest BCUT2D eigenvalue weighted by Crippen LogP contribution is 2.56. The molecule has 1 aliphatic carbocycles. The number of ether oxygens (including phenoxy) is 1. The van der Waals surface area contributed by atoms with Crippen LogP contribution in [0.4, 0.5) is 0 Å². The van der Waals surface area contributed by atoms with Crippen LogP contribution in [0.1, 0.15) is 32.6 Å². The summed E-state index contributed by atoms with van der Waals surface area (Å²) >= 11 is 0. The Morgan fingerprint density at radius 1 is 1.46 bits per heavy atom. The first-order valence-corrected chi connectivity index (χ1v) is 5.35. The van der Waals surface area contributed by atoms with Gasteiger partial charge in [-0.3, -0.25) is 0 Å². The maximum Gasteiger partial charge on any atom is 0.123 e. The van der Waals surface area contributed by atoms with Gasteiger partial charge in [0.15, 0.2) is 0 Å². The lowest BCUT2D eigenvalue weighted by molar-refractivity contribution is -0.109. The summed E-state index contributed by atoms with van der Waals surface area (Å²) in [6.07, 6.45) is 5.83. The van der Waals surface area contributed by atoms with Crippen molar-refractivity contribution in [3.63, 3.8) is 0 Å². The van der Waals surface area contributed by atoms with E-state index in [4.69, 9.17) is 4.74 Å². The van der Waals surface area contributed by atoms with E-state index in [2.05, 4.69) is 6.92 Å². The molecule has 2 nitrogen and oxygen atoms in total. The smallest absolute Gasteiger partial charge is 0.123 e. The van der Waals surface area contributed by atoms with E-state index in [1.165, 1.54) is 19.3 Å². The summed E-state index contributed by atoms with van der Waals surface area (Å²) in [4.78, 5) is 10.6. The van der Waals surface area contributed by atoms with Gasteiger partial charge in [-0.2, -0.15) is 0 Å². The zero-order chi connectivity index (χ0) is 9.31. The Morgan fingerprint density at radius 2 is 2.15 bits per heavy atom. The Balaban J connectivity index is 2.02. The van der Waals surface area contributed by atoms with E-state index < -0.39 is 0 Å². The van der Waals surface area contributed by atoms with E-state index in [1.807, 2.05) is 0 Å². The second-order valence-corrected chi connectivity index (χ2v) is 4.47. The highest BCUT2D eigenvalue weighted by molar-refractivity contribution is 5.58. The molecule has 1 aliphatic heterocycles. The van der Waals surface area contributed by atoms with Gasteiger partial charge in [-0.05, 0) is 30.6 Å². The van der Waals surface area contributed by atoms with Crippen LogP contribution in [0.15, 0.2) is 0 Å². The van der Waals surface area contributed by atoms with Crippen LogP contribution in [0.3, 0.4) is 0 Å². The van der Waals surface area contributed by atoms with Gasteiger partial charge in [-0.15, -0.1) is 0 Å². The van der Waals surface area contributed by atoms with Crippen LogP contribution in [0.5, 0.6) is 0 Å². The lowest BCUT2D eigenvalue weighted by Gasteiger charge is -2.37. The minimum Gasteiger partial charge on any atom is -0.381 e. The molecule has 0 aromatic carbocycles. The number of carbonyl (C=O) groups excluding carboxylic acids is 1. The molecule has 0 spiro atoms. The molecule has 0 radical (unpaired) electrons. The van der Waals surface area contributed by atoms with Crippen molar-refractivity contribution >= 4 is 6.29 Å². The second-order valence-electron chi connectivity index (χ2n) is 4.47. The molecule has 0 bridgehead atoms. The highest BCUT2D eigenvalue weighted by atomic mass is 16.5. The molecule has 0 unspecified atom stereocenters. The first-order chi connectivity index (χ1) is 6.32. The quantitative estimate of drug-likeness (QED) is 0.624. The van der Waals surface area contributed by atoms with Gasteiger partial charge in [-0.1, -0.05) is 13.3 Å². The lowest BCUT2D eigenvalue weighted by Crippen LogP contribution is -2.31. The van der Waals surface area contributed by atoms with Crippen LogP contribution in [0, 0.1) is 17.3 Å². The van der Waals surface area contributed by atoms with Gasteiger partial charge >= 0.3 is 0 Å². The van der Waals surface area contributed by atoms with E-state index in [0.717, 1.165) is 25.9 Å². The summed E-state index contributed by atoms with van der Waals surface area (Å²) in [5.74, 6) is 1.05. The van der Waals surface area contributed by atoms with Crippen molar-refractivity contribution < 1.29 is 9.53 Å². The molecule has 13 heavy (non-hydrogen) atoms. The fourth-order valence-electron chi connectivity index (χ4n) is 2.83. The Labute approximate surface area is 79.7 Å². The van der Waals surface area contributed by atoms with Crippen LogP contribution in [-0.4, -0.2) is 19.5 Å². The summed E-state index contributed by atoms with van der Waals surface area (Å²) in [6, 6.07) is 0. The Bertz CT molecular complexity index is 194. The number of aldehydes is 1. The first kappa shape index (κ1) is 9.20. The monoisotopic (exact) mass is 182 g/mol. The van der Waals surface area contributed by atoms with Gasteiger partial charge in [0.1, 0.15) is 6.29 Å². The normalized spacial score (nSPS) is 37.0. The minimum absolute atomic E-state index is 0.373. The zero-order valence-electron chi connectivity index (χ0n) is 8.29. The largest absolute Gasteiger partial charge is 0.381 e. The van der Waals surface area contributed by atoms with Crippen molar-refractivity contribution in [3.8, 4) is 0 Å². The van der Waals surface area contributed by atoms with Gasteiger partial charge in [0.2, 0.25) is 0 Å². The maximum atomic E-state index is 10.6. The molecule has 2 rings (SSSR count). The molecule has 1 heterocycles. The van der Waals surface area contributed by atoms with E-state index in [9.17, 15) is 4.79 Å². The molecular weight excluding hydrogens is 164 g/mol. The molecule has 0 amide bonds. The number of hydrogen-bond donors (Lipinski definition) is 0. The van der Waals surface area contributed by atoms with Crippen molar-refractivity contribution in [1.82, 2.24) is 0 Å². The maximum absolute atomic E-state index is 10.6. The molecule has 2 heteroatoms. The molecule has 0 aromatic heterocycles. The standard InChI is InChI=1S/C11H18O2/c1-2-11(3-5-13-6-4-11)10-7-9(10)8-12/h8-10H,2-7H2,1H3/t9-,10+/m1/s1. The Morgan fingerprint density at radius 3 is 2.62 bits per heavy atom. The van der Waals surface area contributed by atoms with Gasteiger partial charge in [0, 0.05) is 19.1 Å². The summed E-state index contributed by atoms with van der Waals surface area (Å²) in [5, 5.41) is 0. The average molecular weight is 182 g/mol. The summed E-state index contributed by atoms with van der Waals surface area (Å²) in [6.45, 7) is 4.05. The fraction of sp³-hybridized carbons (Fsp3) is 0.909. The SMILES string of the molecule is CCC1([C@H]2C[C@@H]2C=O)CCOCC1. The molecule has 1 saturated carbocycles. The van der Waals surface area contributed by atoms with E-state index in [1.54, 1.807) is 0 Å². The summed E-state index contributed by atoms with van der Waals surface area (Å²) < 4.78 is 5.39. The van der Waals surface area contributed by atoms with Crippen molar-refractivity contribution in [1.29, 1.82) is 0 Å². The topological polar surface area (TPSA) is 26.3 Å². The molecule has 74 valence electrons. The van der Waals surface area contributed by atoms with Crippen molar-refractivity contribution in [3.05, 3.63) is 0 Å². The molecule has 0 aromatic rings.